The number of thioether (sulfide) groups is 1. The van der Waals surface area contributed by atoms with Crippen LogP contribution in [0.25, 0.3) is 11.1 Å². The molecule has 8 nitrogen and oxygen atoms in total. The van der Waals surface area contributed by atoms with Gasteiger partial charge in [-0.05, 0) is 42.2 Å². The van der Waals surface area contributed by atoms with E-state index in [1.807, 2.05) is 12.1 Å². The van der Waals surface area contributed by atoms with Crippen LogP contribution in [0.5, 0.6) is 11.5 Å². The lowest BCUT2D eigenvalue weighted by atomic mass is 10.0. The molecule has 194 valence electrons. The van der Waals surface area contributed by atoms with Crippen LogP contribution in [0.4, 0.5) is 13.2 Å². The predicted molar refractivity (Wildman–Crippen MR) is 131 cm³/mol. The van der Waals surface area contributed by atoms with Crippen LogP contribution in [0.3, 0.4) is 0 Å². The van der Waals surface area contributed by atoms with E-state index in [1.165, 1.54) is 29.2 Å². The van der Waals surface area contributed by atoms with E-state index in [0.29, 0.717) is 26.1 Å². The second-order valence-electron chi connectivity index (χ2n) is 6.78. The minimum Gasteiger partial charge on any atom is -0.497 e. The number of aliphatic carboxylic acids is 1. The van der Waals surface area contributed by atoms with Crippen molar-refractivity contribution in [3.63, 3.8) is 0 Å². The summed E-state index contributed by atoms with van der Waals surface area (Å²) in [7, 11) is -0.661. The second kappa shape index (κ2) is 11.7. The highest BCUT2D eigenvalue weighted by molar-refractivity contribution is 8.01. The third kappa shape index (κ3) is 6.71. The molecule has 14 heteroatoms. The summed E-state index contributed by atoms with van der Waals surface area (Å²) in [4.78, 5) is 9.66. The number of rotatable bonds is 7. The molecule has 3 aromatic rings. The van der Waals surface area contributed by atoms with Crippen molar-refractivity contribution in [2.24, 2.45) is 5.73 Å². The highest BCUT2D eigenvalue weighted by Crippen LogP contribution is 2.39. The number of sulfone groups is 1. The fraction of sp³-hybridized carbons (Fsp3) is 0.182. The van der Waals surface area contributed by atoms with Gasteiger partial charge in [0.15, 0.2) is 0 Å². The molecule has 0 bridgehead atoms. The Morgan fingerprint density at radius 3 is 2.25 bits per heavy atom. The summed E-state index contributed by atoms with van der Waals surface area (Å²) in [5.74, 6) is -1.68. The van der Waals surface area contributed by atoms with Gasteiger partial charge in [-0.1, -0.05) is 12.1 Å². The molecule has 0 unspecified atom stereocenters. The molecular formula is C22H21F3N2O6S3. The summed E-state index contributed by atoms with van der Waals surface area (Å²) in [5.41, 5.74) is 7.02. The summed E-state index contributed by atoms with van der Waals surface area (Å²) >= 11 is 2.52. The molecule has 4 N–H and O–H groups in total. The molecular weight excluding hydrogens is 541 g/mol. The number of hydrogen-bond acceptors (Lipinski definition) is 8. The van der Waals surface area contributed by atoms with Crippen molar-refractivity contribution >= 4 is 44.7 Å². The minimum atomic E-state index is -5.08. The Balaban J connectivity index is 0.000000572. The average Bonchev–Trinajstić information content (AvgIpc) is 3.29. The van der Waals surface area contributed by atoms with E-state index in [1.54, 1.807) is 50.8 Å². The summed E-state index contributed by atoms with van der Waals surface area (Å²) < 4.78 is 69.6. The van der Waals surface area contributed by atoms with E-state index < -0.39 is 22.0 Å². The smallest absolute Gasteiger partial charge is 0.490 e. The molecule has 0 aliphatic carbocycles. The van der Waals surface area contributed by atoms with Crippen molar-refractivity contribution in [3.8, 4) is 22.6 Å². The van der Waals surface area contributed by atoms with Crippen LogP contribution in [-0.4, -0.2) is 52.0 Å². The van der Waals surface area contributed by atoms with Crippen LogP contribution < -0.4 is 15.2 Å². The Morgan fingerprint density at radius 1 is 1.11 bits per heavy atom. The zero-order chi connectivity index (χ0) is 27.3. The van der Waals surface area contributed by atoms with Crippen molar-refractivity contribution < 1.29 is 41.0 Å². The molecule has 0 aliphatic rings. The number of amidine groups is 1. The first-order valence-corrected chi connectivity index (χ1v) is 13.2. The van der Waals surface area contributed by atoms with Crippen LogP contribution in [0.15, 0.2) is 62.5 Å². The van der Waals surface area contributed by atoms with Gasteiger partial charge in [0.1, 0.15) is 17.3 Å². The third-order valence-corrected chi connectivity index (χ3v) is 8.85. The van der Waals surface area contributed by atoms with E-state index in [9.17, 15) is 21.6 Å². The zero-order valence-corrected chi connectivity index (χ0v) is 21.5. The van der Waals surface area contributed by atoms with Gasteiger partial charge in [0.2, 0.25) is 9.84 Å². The highest BCUT2D eigenvalue weighted by atomic mass is 32.2. The monoisotopic (exact) mass is 562 g/mol. The maximum absolute atomic E-state index is 13.3. The van der Waals surface area contributed by atoms with Crippen LogP contribution in [-0.2, 0) is 14.6 Å². The van der Waals surface area contributed by atoms with Gasteiger partial charge in [0, 0.05) is 11.6 Å². The maximum Gasteiger partial charge on any atom is 0.490 e. The van der Waals surface area contributed by atoms with Gasteiger partial charge >= 0.3 is 12.1 Å². The Hall–Kier alpha value is -3.23. The van der Waals surface area contributed by atoms with Crippen LogP contribution in [0.1, 0.15) is 4.88 Å². The predicted octanol–water partition coefficient (Wildman–Crippen LogP) is 4.90. The number of hydrogen-bond donors (Lipinski definition) is 3. The number of carboxylic acids is 1. The summed E-state index contributed by atoms with van der Waals surface area (Å²) in [6.45, 7) is 0. The fourth-order valence-electron chi connectivity index (χ4n) is 2.81. The first kappa shape index (κ1) is 29.0. The summed E-state index contributed by atoms with van der Waals surface area (Å²) in [6.07, 6.45) is -3.28. The lowest BCUT2D eigenvalue weighted by Crippen LogP contribution is -2.21. The van der Waals surface area contributed by atoms with Crippen LogP contribution in [0.2, 0.25) is 0 Å². The average molecular weight is 563 g/mol. The number of nitrogen functional groups attached to an aromatic ring is 1. The Bertz CT molecular complexity index is 1370. The first-order valence-electron chi connectivity index (χ1n) is 9.66. The molecule has 0 saturated heterocycles. The van der Waals surface area contributed by atoms with Crippen LogP contribution in [0, 0.1) is 5.41 Å². The van der Waals surface area contributed by atoms with Gasteiger partial charge in [0.25, 0.3) is 0 Å². The number of carbonyl (C=O) groups is 1. The lowest BCUT2D eigenvalue weighted by molar-refractivity contribution is -0.192. The highest BCUT2D eigenvalue weighted by Gasteiger charge is 2.38. The molecule has 0 spiro atoms. The van der Waals surface area contributed by atoms with Gasteiger partial charge in [-0.3, -0.25) is 5.41 Å². The molecule has 0 amide bonds. The Morgan fingerprint density at radius 2 is 1.75 bits per heavy atom. The van der Waals surface area contributed by atoms with Crippen LogP contribution >= 0.6 is 23.1 Å². The largest absolute Gasteiger partial charge is 0.497 e. The minimum absolute atomic E-state index is 0.150. The van der Waals surface area contributed by atoms with E-state index in [2.05, 4.69) is 0 Å². The number of nitrogens with one attached hydrogen (secondary N) is 1. The lowest BCUT2D eigenvalue weighted by Gasteiger charge is -2.12. The normalized spacial score (nSPS) is 11.3. The molecule has 1 aromatic heterocycles. The topological polar surface area (TPSA) is 140 Å². The van der Waals surface area contributed by atoms with Gasteiger partial charge in [-0.15, -0.1) is 23.1 Å². The van der Waals surface area contributed by atoms with E-state index in [4.69, 9.17) is 30.5 Å². The number of benzene rings is 2. The fourth-order valence-corrected chi connectivity index (χ4v) is 6.72. The number of nitrogens with two attached hydrogens (primary N) is 1. The molecule has 0 radical (unpaired) electrons. The molecule has 0 fully saturated rings. The number of methoxy groups -OCH3 is 2. The third-order valence-electron chi connectivity index (χ3n) is 4.51. The van der Waals surface area contributed by atoms with Crippen molar-refractivity contribution in [1.29, 1.82) is 5.41 Å². The Labute approximate surface area is 213 Å². The zero-order valence-electron chi connectivity index (χ0n) is 19.0. The SMILES string of the molecule is COc1ccc(-c2cccc(S(=O)(=O)c3cc(C(=N)N)sc3SC)c2)c(OC)c1.O=C(O)C(F)(F)F. The van der Waals surface area contributed by atoms with Crippen molar-refractivity contribution in [1.82, 2.24) is 0 Å². The molecule has 0 aliphatic heterocycles. The maximum atomic E-state index is 13.3. The van der Waals surface area contributed by atoms with E-state index in [-0.39, 0.29) is 15.6 Å². The van der Waals surface area contributed by atoms with Crippen molar-refractivity contribution in [2.45, 2.75) is 20.2 Å². The van der Waals surface area contributed by atoms with Gasteiger partial charge in [-0.2, -0.15) is 13.2 Å². The number of halogens is 3. The quantitative estimate of drug-likeness (QED) is 0.210. The van der Waals surface area contributed by atoms with Gasteiger partial charge in [-0.25, -0.2) is 13.2 Å². The second-order valence-corrected chi connectivity index (χ2v) is 10.8. The number of thiophene rings is 1. The van der Waals surface area contributed by atoms with Crippen molar-refractivity contribution in [2.75, 3.05) is 20.5 Å². The first-order chi connectivity index (χ1) is 16.8. The number of carboxylic acid groups (broad SMARTS) is 1. The van der Waals surface area contributed by atoms with Gasteiger partial charge < -0.3 is 20.3 Å². The molecule has 1 heterocycles. The molecule has 3 rings (SSSR count). The number of alkyl halides is 3. The van der Waals surface area contributed by atoms with E-state index in [0.717, 1.165) is 5.56 Å². The molecule has 36 heavy (non-hydrogen) atoms. The van der Waals surface area contributed by atoms with Crippen molar-refractivity contribution in [3.05, 3.63) is 53.4 Å². The molecule has 0 atom stereocenters. The number of ether oxygens (including phenoxy) is 2. The molecule has 2 aromatic carbocycles. The summed E-state index contributed by atoms with van der Waals surface area (Å²) in [6, 6.07) is 13.5. The van der Waals surface area contributed by atoms with E-state index >= 15 is 0 Å². The van der Waals surface area contributed by atoms with Gasteiger partial charge in [0.05, 0.1) is 33.1 Å². The Kier molecular flexibility index (Phi) is 9.40. The summed E-state index contributed by atoms with van der Waals surface area (Å²) in [5, 5.41) is 14.7. The molecule has 0 saturated carbocycles. The standard InChI is InChI=1S/C20H20N2O4S3.C2HF3O2/c1-25-13-7-8-15(16(10-13)26-2)12-5-4-6-14(9-12)29(23,24)18-11-17(19(21)22)28-20(18)27-3;3-2(4,5)1(6)7/h4-11H,1-3H3,(H3,21,22);(H,6,7).